The summed E-state index contributed by atoms with van der Waals surface area (Å²) < 4.78 is 41.0. The van der Waals surface area contributed by atoms with Gasteiger partial charge in [0.1, 0.15) is 5.82 Å². The molecule has 0 atom stereocenters. The van der Waals surface area contributed by atoms with Crippen LogP contribution in [0.25, 0.3) is 0 Å². The number of hydrogen-bond acceptors (Lipinski definition) is 3. The fourth-order valence-electron chi connectivity index (χ4n) is 1.95. The second kappa shape index (κ2) is 6.38. The number of nitrogens with zero attached hydrogens (tertiary/aromatic N) is 1. The molecule has 7 heteroatoms. The lowest BCUT2D eigenvalue weighted by Crippen LogP contribution is -2.25. The third kappa shape index (κ3) is 3.90. The van der Waals surface area contributed by atoms with E-state index in [0.29, 0.717) is 12.1 Å². The Morgan fingerprint density at radius 1 is 1.29 bits per heavy atom. The van der Waals surface area contributed by atoms with E-state index in [9.17, 15) is 12.8 Å². The highest BCUT2D eigenvalue weighted by atomic mass is 32.2. The maximum atomic E-state index is 12.8. The van der Waals surface area contributed by atoms with Gasteiger partial charge in [0.25, 0.3) is 0 Å². The van der Waals surface area contributed by atoms with Crippen LogP contribution in [0.5, 0.6) is 0 Å². The van der Waals surface area contributed by atoms with E-state index < -0.39 is 10.0 Å². The van der Waals surface area contributed by atoms with Crippen LogP contribution in [0.3, 0.4) is 0 Å². The minimum Gasteiger partial charge on any atom is -0.390 e. The van der Waals surface area contributed by atoms with Gasteiger partial charge in [-0.1, -0.05) is 12.1 Å². The normalized spacial score (nSPS) is 11.8. The van der Waals surface area contributed by atoms with Crippen LogP contribution in [0, 0.1) is 5.82 Å². The minimum absolute atomic E-state index is 0.119. The fraction of sp³-hybridized carbons (Fsp3) is 0.286. The van der Waals surface area contributed by atoms with Crippen LogP contribution in [0.1, 0.15) is 11.3 Å². The number of nitrogens with one attached hydrogen (secondary N) is 1. The largest absolute Gasteiger partial charge is 0.390 e. The zero-order valence-electron chi connectivity index (χ0n) is 11.6. The van der Waals surface area contributed by atoms with Crippen molar-refractivity contribution in [2.45, 2.75) is 17.9 Å². The van der Waals surface area contributed by atoms with Crippen molar-refractivity contribution in [2.24, 2.45) is 7.05 Å². The van der Waals surface area contributed by atoms with Crippen molar-refractivity contribution >= 4 is 10.0 Å². The highest BCUT2D eigenvalue weighted by Crippen LogP contribution is 2.13. The molecule has 0 saturated carbocycles. The molecule has 114 valence electrons. The van der Waals surface area contributed by atoms with Gasteiger partial charge in [-0.3, -0.25) is 0 Å². The molecule has 1 aromatic heterocycles. The van der Waals surface area contributed by atoms with E-state index >= 15 is 0 Å². The van der Waals surface area contributed by atoms with Crippen molar-refractivity contribution in [3.05, 3.63) is 53.6 Å². The molecule has 0 fully saturated rings. The molecule has 0 unspecified atom stereocenters. The number of rotatable bonds is 6. The fourth-order valence-corrected chi connectivity index (χ4v) is 3.07. The van der Waals surface area contributed by atoms with E-state index in [4.69, 9.17) is 5.11 Å². The average Bonchev–Trinajstić information content (AvgIpc) is 2.83. The molecule has 0 spiro atoms. The molecule has 2 aromatic rings. The average molecular weight is 312 g/mol. The predicted octanol–water partition coefficient (Wildman–Crippen LogP) is 1.18. The van der Waals surface area contributed by atoms with E-state index in [-0.39, 0.29) is 23.9 Å². The Morgan fingerprint density at radius 2 is 1.95 bits per heavy atom. The Bertz CT molecular complexity index is 708. The lowest BCUT2D eigenvalue weighted by Gasteiger charge is -2.05. The summed E-state index contributed by atoms with van der Waals surface area (Å²) in [5.74, 6) is -0.319. The minimum atomic E-state index is -3.61. The SMILES string of the molecule is Cn1cc(S(=O)(=O)NCCc2ccc(F)cc2)cc1CO. The number of aryl methyl sites for hydroxylation is 1. The molecule has 0 aliphatic rings. The first kappa shape index (κ1) is 15.7. The maximum Gasteiger partial charge on any atom is 0.242 e. The van der Waals surface area contributed by atoms with Crippen molar-refractivity contribution < 1.29 is 17.9 Å². The molecule has 1 aromatic carbocycles. The van der Waals surface area contributed by atoms with Crippen LogP contribution in [0.15, 0.2) is 41.4 Å². The zero-order valence-corrected chi connectivity index (χ0v) is 12.4. The molecule has 0 saturated heterocycles. The summed E-state index contributed by atoms with van der Waals surface area (Å²) in [4.78, 5) is 0.119. The Morgan fingerprint density at radius 3 is 2.52 bits per heavy atom. The van der Waals surface area contributed by atoms with Crippen LogP contribution in [0.4, 0.5) is 4.39 Å². The molecule has 5 nitrogen and oxygen atoms in total. The molecule has 2 N–H and O–H groups in total. The van der Waals surface area contributed by atoms with Gasteiger partial charge >= 0.3 is 0 Å². The molecule has 0 bridgehead atoms. The molecule has 2 rings (SSSR count). The summed E-state index contributed by atoms with van der Waals surface area (Å²) in [6.45, 7) is -0.00107. The van der Waals surface area contributed by atoms with E-state index in [0.717, 1.165) is 5.56 Å². The molecule has 0 radical (unpaired) electrons. The summed E-state index contributed by atoms with van der Waals surface area (Å²) >= 11 is 0. The Hall–Kier alpha value is -1.70. The number of aliphatic hydroxyl groups is 1. The van der Waals surface area contributed by atoms with E-state index in [2.05, 4.69) is 4.72 Å². The first-order valence-electron chi connectivity index (χ1n) is 6.42. The molecule has 0 aliphatic heterocycles. The van der Waals surface area contributed by atoms with Crippen molar-refractivity contribution in [3.63, 3.8) is 0 Å². The van der Waals surface area contributed by atoms with E-state index in [1.165, 1.54) is 24.4 Å². The second-order valence-electron chi connectivity index (χ2n) is 4.71. The molecule has 0 amide bonds. The quantitative estimate of drug-likeness (QED) is 0.841. The van der Waals surface area contributed by atoms with Gasteiger partial charge in [0.2, 0.25) is 10.0 Å². The Balaban J connectivity index is 1.99. The smallest absolute Gasteiger partial charge is 0.242 e. The number of halogens is 1. The third-order valence-corrected chi connectivity index (χ3v) is 4.60. The lowest BCUT2D eigenvalue weighted by molar-refractivity contribution is 0.272. The number of benzene rings is 1. The summed E-state index contributed by atoms with van der Waals surface area (Å²) in [6, 6.07) is 7.36. The van der Waals surface area contributed by atoms with Crippen LogP contribution < -0.4 is 4.72 Å². The summed E-state index contributed by atoms with van der Waals surface area (Å²) in [6.07, 6.45) is 1.92. The first-order valence-corrected chi connectivity index (χ1v) is 7.91. The van der Waals surface area contributed by atoms with Gasteiger partial charge in [0.05, 0.1) is 11.5 Å². The number of sulfonamides is 1. The summed E-state index contributed by atoms with van der Waals surface area (Å²) in [5, 5.41) is 9.08. The number of hydrogen-bond donors (Lipinski definition) is 2. The topological polar surface area (TPSA) is 71.3 Å². The van der Waals surface area contributed by atoms with Crippen molar-refractivity contribution in [2.75, 3.05) is 6.54 Å². The first-order chi connectivity index (χ1) is 9.92. The monoisotopic (exact) mass is 312 g/mol. The zero-order chi connectivity index (χ0) is 15.5. The number of aliphatic hydroxyl groups excluding tert-OH is 1. The Labute approximate surface area is 123 Å². The molecular weight excluding hydrogens is 295 g/mol. The van der Waals surface area contributed by atoms with Crippen LogP contribution in [-0.4, -0.2) is 24.6 Å². The van der Waals surface area contributed by atoms with Crippen LogP contribution >= 0.6 is 0 Å². The van der Waals surface area contributed by atoms with Crippen LogP contribution in [-0.2, 0) is 30.1 Å². The Kier molecular flexibility index (Phi) is 4.76. The highest BCUT2D eigenvalue weighted by molar-refractivity contribution is 7.89. The van der Waals surface area contributed by atoms with Gasteiger partial charge < -0.3 is 9.67 Å². The van der Waals surface area contributed by atoms with Gasteiger partial charge in [-0.15, -0.1) is 0 Å². The molecule has 0 aliphatic carbocycles. The van der Waals surface area contributed by atoms with Gasteiger partial charge in [-0.25, -0.2) is 17.5 Å². The van der Waals surface area contributed by atoms with E-state index in [1.807, 2.05) is 0 Å². The lowest BCUT2D eigenvalue weighted by atomic mass is 10.1. The predicted molar refractivity (Wildman–Crippen MR) is 76.6 cm³/mol. The van der Waals surface area contributed by atoms with Gasteiger partial charge in [-0.2, -0.15) is 0 Å². The highest BCUT2D eigenvalue weighted by Gasteiger charge is 2.16. The summed E-state index contributed by atoms with van der Waals surface area (Å²) in [7, 11) is -1.94. The third-order valence-electron chi connectivity index (χ3n) is 3.17. The molecule has 1 heterocycles. The van der Waals surface area contributed by atoms with E-state index in [1.54, 1.807) is 23.7 Å². The number of aromatic nitrogens is 1. The van der Waals surface area contributed by atoms with Gasteiger partial charge in [0.15, 0.2) is 0 Å². The standard InChI is InChI=1S/C14H17FN2O3S/c1-17-9-14(8-13(17)10-18)21(19,20)16-7-6-11-2-4-12(15)5-3-11/h2-5,8-9,16,18H,6-7,10H2,1H3. The van der Waals surface area contributed by atoms with Gasteiger partial charge in [-0.05, 0) is 30.2 Å². The summed E-state index contributed by atoms with van der Waals surface area (Å²) in [5.41, 5.74) is 1.37. The van der Waals surface area contributed by atoms with Crippen molar-refractivity contribution in [1.29, 1.82) is 0 Å². The van der Waals surface area contributed by atoms with Crippen molar-refractivity contribution in [1.82, 2.24) is 9.29 Å². The molecular formula is C14H17FN2O3S. The van der Waals surface area contributed by atoms with Crippen LogP contribution in [0.2, 0.25) is 0 Å². The second-order valence-corrected chi connectivity index (χ2v) is 6.48. The van der Waals surface area contributed by atoms with Gasteiger partial charge in [0, 0.05) is 25.5 Å². The van der Waals surface area contributed by atoms with Crippen molar-refractivity contribution in [3.8, 4) is 0 Å². The molecule has 21 heavy (non-hydrogen) atoms. The maximum absolute atomic E-state index is 12.8.